The minimum Gasteiger partial charge on any atom is -0.340 e. The minimum absolute atomic E-state index is 0.0658. The Kier molecular flexibility index (Phi) is 6.76. The van der Waals surface area contributed by atoms with Crippen molar-refractivity contribution in [1.82, 2.24) is 15.1 Å². The third-order valence-corrected chi connectivity index (χ3v) is 6.03. The van der Waals surface area contributed by atoms with Gasteiger partial charge >= 0.3 is 12.2 Å². The monoisotopic (exact) mass is 474 g/mol. The molecule has 1 N–H and O–H groups in total. The van der Waals surface area contributed by atoms with Gasteiger partial charge in [0.25, 0.3) is 0 Å². The first-order chi connectivity index (χ1) is 16.2. The van der Waals surface area contributed by atoms with Crippen LogP contribution in [0.25, 0.3) is 0 Å². The zero-order valence-corrected chi connectivity index (χ0v) is 18.5. The van der Waals surface area contributed by atoms with Crippen molar-refractivity contribution in [2.75, 3.05) is 37.6 Å². The average molecular weight is 474 g/mol. The summed E-state index contributed by atoms with van der Waals surface area (Å²) in [6.07, 6.45) is -4.16. The molecule has 4 rings (SSSR count). The molecule has 180 valence electrons. The van der Waals surface area contributed by atoms with Gasteiger partial charge in [0.2, 0.25) is 11.8 Å². The maximum atomic E-state index is 13.0. The summed E-state index contributed by atoms with van der Waals surface area (Å²) in [4.78, 5) is 41.9. The van der Waals surface area contributed by atoms with E-state index in [1.807, 2.05) is 12.1 Å². The number of anilines is 1. The Bertz CT molecular complexity index is 1070. The van der Waals surface area contributed by atoms with Crippen molar-refractivity contribution in [2.45, 2.75) is 25.6 Å². The molecule has 0 unspecified atom stereocenters. The number of amides is 4. The van der Waals surface area contributed by atoms with Crippen LogP contribution >= 0.6 is 0 Å². The summed E-state index contributed by atoms with van der Waals surface area (Å²) in [7, 11) is 0. The number of hydrogen-bond acceptors (Lipinski definition) is 3. The third kappa shape index (κ3) is 5.49. The van der Waals surface area contributed by atoms with Crippen LogP contribution in [0.2, 0.25) is 0 Å². The second kappa shape index (κ2) is 9.74. The van der Waals surface area contributed by atoms with Gasteiger partial charge in [0.15, 0.2) is 0 Å². The van der Waals surface area contributed by atoms with E-state index >= 15 is 0 Å². The number of hydrogen-bond donors (Lipinski definition) is 1. The summed E-state index contributed by atoms with van der Waals surface area (Å²) < 4.78 is 38.9. The van der Waals surface area contributed by atoms with Gasteiger partial charge in [-0.2, -0.15) is 13.2 Å². The van der Waals surface area contributed by atoms with Gasteiger partial charge < -0.3 is 15.1 Å². The van der Waals surface area contributed by atoms with Gasteiger partial charge in [0.05, 0.1) is 12.0 Å². The number of nitrogens with zero attached hydrogens (tertiary/aromatic N) is 3. The molecule has 2 aliphatic heterocycles. The highest BCUT2D eigenvalue weighted by molar-refractivity contribution is 5.94. The van der Waals surface area contributed by atoms with Crippen LogP contribution in [0.5, 0.6) is 0 Å². The maximum absolute atomic E-state index is 13.0. The van der Waals surface area contributed by atoms with Crippen LogP contribution in [0.4, 0.5) is 23.7 Å². The van der Waals surface area contributed by atoms with Crippen LogP contribution in [-0.4, -0.2) is 60.4 Å². The van der Waals surface area contributed by atoms with Gasteiger partial charge in [-0.1, -0.05) is 24.3 Å². The highest BCUT2D eigenvalue weighted by Crippen LogP contribution is 2.30. The van der Waals surface area contributed by atoms with Crippen LogP contribution in [0.3, 0.4) is 0 Å². The smallest absolute Gasteiger partial charge is 0.340 e. The topological polar surface area (TPSA) is 73.0 Å². The van der Waals surface area contributed by atoms with E-state index in [1.165, 1.54) is 11.0 Å². The second-order valence-electron chi connectivity index (χ2n) is 8.37. The Labute approximate surface area is 195 Å². The second-order valence-corrected chi connectivity index (χ2v) is 8.37. The first-order valence-corrected chi connectivity index (χ1v) is 11.1. The van der Waals surface area contributed by atoms with E-state index in [0.717, 1.165) is 23.4 Å². The number of halogens is 3. The van der Waals surface area contributed by atoms with E-state index in [4.69, 9.17) is 0 Å². The van der Waals surface area contributed by atoms with Crippen LogP contribution in [0, 0.1) is 0 Å². The van der Waals surface area contributed by atoms with E-state index in [2.05, 4.69) is 5.32 Å². The molecule has 2 fully saturated rings. The van der Waals surface area contributed by atoms with E-state index in [1.54, 1.807) is 28.0 Å². The molecule has 2 aliphatic rings. The molecule has 0 radical (unpaired) electrons. The van der Waals surface area contributed by atoms with Crippen molar-refractivity contribution in [3.05, 3.63) is 65.2 Å². The van der Waals surface area contributed by atoms with E-state index in [-0.39, 0.29) is 50.3 Å². The fraction of sp³-hybridized carbons (Fsp3) is 0.375. The Morgan fingerprint density at radius 1 is 0.941 bits per heavy atom. The Morgan fingerprint density at radius 3 is 2.38 bits per heavy atom. The fourth-order valence-electron chi connectivity index (χ4n) is 4.15. The van der Waals surface area contributed by atoms with Gasteiger partial charge in [-0.05, 0) is 35.4 Å². The summed E-state index contributed by atoms with van der Waals surface area (Å²) in [5.41, 5.74) is 1.21. The predicted octanol–water partition coefficient (Wildman–Crippen LogP) is 3.04. The lowest BCUT2D eigenvalue weighted by Crippen LogP contribution is -2.36. The summed E-state index contributed by atoms with van der Waals surface area (Å²) >= 11 is 0. The van der Waals surface area contributed by atoms with Crippen molar-refractivity contribution in [1.29, 1.82) is 0 Å². The average Bonchev–Trinajstić information content (AvgIpc) is 3.15. The molecule has 0 bridgehead atoms. The van der Waals surface area contributed by atoms with Crippen molar-refractivity contribution in [3.63, 3.8) is 0 Å². The first-order valence-electron chi connectivity index (χ1n) is 11.1. The standard InChI is InChI=1S/C24H25F3N4O3/c25-24(26,27)19-3-1-2-18(14-19)16-30-13-12-29(10-8-21(30)32)22(33)15-17-4-6-20(7-5-17)31-11-9-28-23(31)34/h1-7,14H,8-13,15-16H2,(H,28,34). The Morgan fingerprint density at radius 2 is 1.71 bits per heavy atom. The number of nitrogens with one attached hydrogen (secondary N) is 1. The molecule has 2 aromatic rings. The maximum Gasteiger partial charge on any atom is 0.416 e. The lowest BCUT2D eigenvalue weighted by atomic mass is 10.1. The molecule has 0 spiro atoms. The quantitative estimate of drug-likeness (QED) is 0.724. The van der Waals surface area contributed by atoms with Gasteiger partial charge in [-0.15, -0.1) is 0 Å². The molecule has 0 aliphatic carbocycles. The lowest BCUT2D eigenvalue weighted by molar-refractivity contribution is -0.137. The zero-order valence-electron chi connectivity index (χ0n) is 18.5. The van der Waals surface area contributed by atoms with Crippen LogP contribution < -0.4 is 10.2 Å². The lowest BCUT2D eigenvalue weighted by Gasteiger charge is -2.23. The van der Waals surface area contributed by atoms with Gasteiger partial charge in [0, 0.05) is 51.4 Å². The largest absolute Gasteiger partial charge is 0.416 e. The molecular formula is C24H25F3N4O3. The summed E-state index contributed by atoms with van der Waals surface area (Å²) in [6.45, 7) is 2.09. The number of benzene rings is 2. The molecule has 10 heteroatoms. The fourth-order valence-corrected chi connectivity index (χ4v) is 4.15. The molecule has 2 heterocycles. The third-order valence-electron chi connectivity index (χ3n) is 6.03. The SMILES string of the molecule is O=C(Cc1ccc(N2CCNC2=O)cc1)N1CCC(=O)N(Cc2cccc(C(F)(F)F)c2)CC1. The van der Waals surface area contributed by atoms with Gasteiger partial charge in [0.1, 0.15) is 0 Å². The normalized spacial score (nSPS) is 17.1. The van der Waals surface area contributed by atoms with E-state index < -0.39 is 11.7 Å². The van der Waals surface area contributed by atoms with Crippen LogP contribution in [-0.2, 0) is 28.7 Å². The minimum atomic E-state index is -4.44. The first kappa shape index (κ1) is 23.6. The molecule has 0 saturated carbocycles. The highest BCUT2D eigenvalue weighted by atomic mass is 19.4. The number of alkyl halides is 3. The predicted molar refractivity (Wildman–Crippen MR) is 119 cm³/mol. The number of rotatable bonds is 5. The van der Waals surface area contributed by atoms with Crippen molar-refractivity contribution in [3.8, 4) is 0 Å². The van der Waals surface area contributed by atoms with E-state index in [0.29, 0.717) is 25.2 Å². The van der Waals surface area contributed by atoms with E-state index in [9.17, 15) is 27.6 Å². The number of carbonyl (C=O) groups excluding carboxylic acids is 3. The van der Waals surface area contributed by atoms with Crippen molar-refractivity contribution >= 4 is 23.5 Å². The Balaban J connectivity index is 1.34. The van der Waals surface area contributed by atoms with Crippen LogP contribution in [0.1, 0.15) is 23.1 Å². The number of urea groups is 1. The molecule has 0 aromatic heterocycles. The van der Waals surface area contributed by atoms with Gasteiger partial charge in [-0.25, -0.2) is 4.79 Å². The Hall–Kier alpha value is -3.56. The molecule has 0 atom stereocenters. The van der Waals surface area contributed by atoms with Crippen molar-refractivity contribution in [2.24, 2.45) is 0 Å². The number of carbonyl (C=O) groups is 3. The summed E-state index contributed by atoms with van der Waals surface area (Å²) in [5.74, 6) is -0.318. The highest BCUT2D eigenvalue weighted by Gasteiger charge is 2.31. The molecule has 7 nitrogen and oxygen atoms in total. The zero-order chi connectivity index (χ0) is 24.3. The molecule has 2 saturated heterocycles. The molecular weight excluding hydrogens is 449 g/mol. The summed E-state index contributed by atoms with van der Waals surface area (Å²) in [6, 6.07) is 12.0. The van der Waals surface area contributed by atoms with Crippen molar-refractivity contribution < 1.29 is 27.6 Å². The van der Waals surface area contributed by atoms with Crippen LogP contribution in [0.15, 0.2) is 48.5 Å². The molecule has 4 amide bonds. The van der Waals surface area contributed by atoms with Gasteiger partial charge in [-0.3, -0.25) is 14.5 Å². The molecule has 2 aromatic carbocycles. The summed E-state index contributed by atoms with van der Waals surface area (Å²) in [5, 5.41) is 2.74. The molecule has 34 heavy (non-hydrogen) atoms.